The second kappa shape index (κ2) is 7.72. The Balaban J connectivity index is 0.00000210. The number of thiazole rings is 1. The highest BCUT2D eigenvalue weighted by Gasteiger charge is 2.24. The summed E-state index contributed by atoms with van der Waals surface area (Å²) in [6.45, 7) is 2.68. The average Bonchev–Trinajstić information content (AvgIpc) is 3.14. The lowest BCUT2D eigenvalue weighted by molar-refractivity contribution is -0.673. The van der Waals surface area contributed by atoms with Crippen LogP contribution in [0.25, 0.3) is 11.1 Å². The Bertz CT molecular complexity index is 1160. The standard InChI is InChI=1S/C20H20N3OS2.H2O/c1-4-23-17(13-14-9-7-8-12-21(14)2)26-18(19(23)24)20-22(3)15-10-5-6-11-16(15)25-20;/h5-13H,4H2,1-3H3;1H2/q+1;/p-1/b20-18+;. The molecule has 5 nitrogen and oxygen atoms in total. The molecule has 1 aliphatic rings. The number of nitrogens with zero attached hydrogens (tertiary/aromatic N) is 3. The van der Waals surface area contributed by atoms with E-state index in [2.05, 4.69) is 33.7 Å². The molecule has 4 rings (SSSR count). The molecule has 0 saturated heterocycles. The van der Waals surface area contributed by atoms with Crippen molar-refractivity contribution in [2.75, 3.05) is 11.9 Å². The van der Waals surface area contributed by atoms with Crippen LogP contribution in [0.4, 0.5) is 5.69 Å². The van der Waals surface area contributed by atoms with Crippen molar-refractivity contribution < 1.29 is 10.0 Å². The van der Waals surface area contributed by atoms with Gasteiger partial charge >= 0.3 is 0 Å². The van der Waals surface area contributed by atoms with Crippen molar-refractivity contribution in [1.29, 1.82) is 0 Å². The van der Waals surface area contributed by atoms with Crippen LogP contribution in [0.5, 0.6) is 0 Å². The first kappa shape index (κ1) is 19.4. The van der Waals surface area contributed by atoms with Crippen LogP contribution in [0.15, 0.2) is 58.4 Å². The van der Waals surface area contributed by atoms with E-state index in [4.69, 9.17) is 0 Å². The smallest absolute Gasteiger partial charge is 0.271 e. The number of benzene rings is 1. The van der Waals surface area contributed by atoms with Crippen molar-refractivity contribution in [2.24, 2.45) is 7.05 Å². The Morgan fingerprint density at radius 1 is 1.15 bits per heavy atom. The third-order valence-corrected chi connectivity index (χ3v) is 7.01. The first-order chi connectivity index (χ1) is 12.6. The predicted molar refractivity (Wildman–Crippen MR) is 111 cm³/mol. The minimum atomic E-state index is 0. The van der Waals surface area contributed by atoms with Gasteiger partial charge in [0.05, 0.1) is 5.69 Å². The van der Waals surface area contributed by atoms with Crippen LogP contribution in [-0.2, 0) is 13.6 Å². The summed E-state index contributed by atoms with van der Waals surface area (Å²) in [6.07, 6.45) is 4.10. The normalized spacial score (nSPS) is 15.7. The van der Waals surface area contributed by atoms with E-state index < -0.39 is 0 Å². The summed E-state index contributed by atoms with van der Waals surface area (Å²) >= 11 is 3.24. The highest BCUT2D eigenvalue weighted by molar-refractivity contribution is 8.08. The summed E-state index contributed by atoms with van der Waals surface area (Å²) in [7, 11) is 4.05. The SMILES string of the molecule is CCn1c(=O)/c(=C2\Sc3ccccc3N2C)s/c1=C\c1cccc[n+]1C.[OH-]. The summed E-state index contributed by atoms with van der Waals surface area (Å²) in [5.74, 6) is 0. The van der Waals surface area contributed by atoms with Gasteiger partial charge in [-0.3, -0.25) is 9.36 Å². The van der Waals surface area contributed by atoms with E-state index in [1.54, 1.807) is 23.1 Å². The van der Waals surface area contributed by atoms with E-state index in [1.807, 2.05) is 56.0 Å². The van der Waals surface area contributed by atoms with Gasteiger partial charge < -0.3 is 10.4 Å². The van der Waals surface area contributed by atoms with E-state index >= 15 is 0 Å². The Morgan fingerprint density at radius 3 is 2.59 bits per heavy atom. The van der Waals surface area contributed by atoms with Gasteiger partial charge in [-0.25, -0.2) is 4.57 Å². The van der Waals surface area contributed by atoms with Crippen molar-refractivity contribution in [1.82, 2.24) is 4.57 Å². The van der Waals surface area contributed by atoms with E-state index in [0.29, 0.717) is 6.54 Å². The zero-order valence-electron chi connectivity index (χ0n) is 15.4. The van der Waals surface area contributed by atoms with Gasteiger partial charge in [0.1, 0.15) is 21.3 Å². The number of thioether (sulfide) groups is 1. The third-order valence-electron chi connectivity index (χ3n) is 4.53. The molecule has 0 aliphatic carbocycles. The molecule has 0 spiro atoms. The largest absolute Gasteiger partial charge is 0.870 e. The van der Waals surface area contributed by atoms with Crippen LogP contribution in [-0.4, -0.2) is 17.1 Å². The summed E-state index contributed by atoms with van der Waals surface area (Å²) in [5, 5.41) is 1.01. The lowest BCUT2D eigenvalue weighted by Gasteiger charge is -2.11. The number of fused-ring (bicyclic) bond motifs is 1. The van der Waals surface area contributed by atoms with E-state index in [9.17, 15) is 4.79 Å². The van der Waals surface area contributed by atoms with Crippen molar-refractivity contribution in [3.63, 3.8) is 0 Å². The number of aryl methyl sites for hydroxylation is 1. The van der Waals surface area contributed by atoms with Gasteiger partial charge in [-0.15, -0.1) is 11.3 Å². The molecule has 7 heteroatoms. The Labute approximate surface area is 165 Å². The second-order valence-corrected chi connectivity index (χ2v) is 8.19. The van der Waals surface area contributed by atoms with E-state index in [-0.39, 0.29) is 11.0 Å². The molecule has 0 radical (unpaired) electrons. The number of rotatable bonds is 2. The minimum absolute atomic E-state index is 0. The van der Waals surface area contributed by atoms with Crippen molar-refractivity contribution in [3.05, 3.63) is 73.9 Å². The van der Waals surface area contributed by atoms with Crippen molar-refractivity contribution in [2.45, 2.75) is 18.4 Å². The molecule has 0 fully saturated rings. The van der Waals surface area contributed by atoms with Gasteiger partial charge in [-0.2, -0.15) is 0 Å². The van der Waals surface area contributed by atoms with Gasteiger partial charge in [0.15, 0.2) is 6.20 Å². The van der Waals surface area contributed by atoms with E-state index in [0.717, 1.165) is 25.6 Å². The molecule has 1 aliphatic heterocycles. The first-order valence-corrected chi connectivity index (χ1v) is 10.1. The molecule has 3 heterocycles. The summed E-state index contributed by atoms with van der Waals surface area (Å²) in [5.41, 5.74) is 2.32. The molecule has 140 valence electrons. The molecule has 3 aromatic rings. The number of aromatic nitrogens is 2. The van der Waals surface area contributed by atoms with Crippen LogP contribution in [0, 0.1) is 0 Å². The second-order valence-electron chi connectivity index (χ2n) is 6.13. The predicted octanol–water partition coefficient (Wildman–Crippen LogP) is 1.71. The van der Waals surface area contributed by atoms with Gasteiger partial charge in [-0.05, 0) is 25.1 Å². The molecular formula is C20H21N3O2S2. The van der Waals surface area contributed by atoms with Gasteiger partial charge in [0.2, 0.25) is 5.69 Å². The Hall–Kier alpha value is -2.35. The Morgan fingerprint density at radius 2 is 1.89 bits per heavy atom. The lowest BCUT2D eigenvalue weighted by Crippen LogP contribution is -2.34. The number of hydrogen-bond donors (Lipinski definition) is 0. The number of anilines is 1. The summed E-state index contributed by atoms with van der Waals surface area (Å²) in [4.78, 5) is 16.4. The molecule has 0 unspecified atom stereocenters. The summed E-state index contributed by atoms with van der Waals surface area (Å²) < 4.78 is 5.70. The fourth-order valence-electron chi connectivity index (χ4n) is 3.08. The highest BCUT2D eigenvalue weighted by atomic mass is 32.2. The van der Waals surface area contributed by atoms with E-state index in [1.165, 1.54) is 4.90 Å². The lowest BCUT2D eigenvalue weighted by atomic mass is 10.3. The minimum Gasteiger partial charge on any atom is -0.870 e. The maximum Gasteiger partial charge on any atom is 0.271 e. The number of pyridine rings is 1. The van der Waals surface area contributed by atoms with Gasteiger partial charge in [-0.1, -0.05) is 23.9 Å². The molecule has 0 saturated carbocycles. The molecule has 0 bridgehead atoms. The van der Waals surface area contributed by atoms with Crippen LogP contribution in [0.2, 0.25) is 0 Å². The van der Waals surface area contributed by atoms with Crippen LogP contribution >= 0.6 is 23.1 Å². The van der Waals surface area contributed by atoms with Crippen molar-refractivity contribution >= 4 is 39.9 Å². The average molecular weight is 400 g/mol. The maximum atomic E-state index is 13.1. The molecule has 1 aromatic carbocycles. The fraction of sp³-hybridized carbons (Fsp3) is 0.200. The fourth-order valence-corrected chi connectivity index (χ4v) is 5.54. The number of para-hydroxylation sites is 1. The third kappa shape index (κ3) is 3.34. The van der Waals surface area contributed by atoms with Gasteiger partial charge in [0.25, 0.3) is 5.56 Å². The van der Waals surface area contributed by atoms with Crippen LogP contribution < -0.4 is 24.2 Å². The van der Waals surface area contributed by atoms with Crippen LogP contribution in [0.1, 0.15) is 12.6 Å². The zero-order chi connectivity index (χ0) is 18.3. The van der Waals surface area contributed by atoms with Crippen LogP contribution in [0.3, 0.4) is 0 Å². The molecule has 0 amide bonds. The monoisotopic (exact) mass is 399 g/mol. The Kier molecular flexibility index (Phi) is 5.55. The highest BCUT2D eigenvalue weighted by Crippen LogP contribution is 2.44. The zero-order valence-corrected chi connectivity index (χ0v) is 17.0. The molecular weight excluding hydrogens is 378 g/mol. The number of hydrogen-bond acceptors (Lipinski definition) is 5. The first-order valence-electron chi connectivity index (χ1n) is 8.51. The maximum absolute atomic E-state index is 13.1. The van der Waals surface area contributed by atoms with Crippen molar-refractivity contribution in [3.8, 4) is 0 Å². The molecule has 1 N–H and O–H groups in total. The molecule has 2 aromatic heterocycles. The summed E-state index contributed by atoms with van der Waals surface area (Å²) in [6, 6.07) is 14.3. The van der Waals surface area contributed by atoms with Gasteiger partial charge in [0, 0.05) is 36.7 Å². The quantitative estimate of drug-likeness (QED) is 0.616. The molecule has 0 atom stereocenters. The molecule has 27 heavy (non-hydrogen) atoms. The topological polar surface area (TPSA) is 59.1 Å².